The van der Waals surface area contributed by atoms with Crippen LogP contribution in [0.25, 0.3) is 0 Å². The van der Waals surface area contributed by atoms with Gasteiger partial charge in [0, 0.05) is 0 Å². The van der Waals surface area contributed by atoms with Gasteiger partial charge in [-0.3, -0.25) is 4.31 Å². The zero-order valence-corrected chi connectivity index (χ0v) is 14.3. The summed E-state index contributed by atoms with van der Waals surface area (Å²) in [5.41, 5.74) is 1.49. The van der Waals surface area contributed by atoms with Crippen molar-refractivity contribution in [1.29, 1.82) is 5.26 Å². The fraction of sp³-hybridized carbons (Fsp3) is 0.278. The Morgan fingerprint density at radius 2 is 1.57 bits per heavy atom. The van der Waals surface area contributed by atoms with Crippen molar-refractivity contribution >= 4 is 15.7 Å². The largest absolute Gasteiger partial charge is 0.265 e. The molecule has 0 N–H and O–H groups in total. The molecule has 5 heteroatoms. The molecule has 0 heterocycles. The zero-order chi connectivity index (χ0) is 17.1. The van der Waals surface area contributed by atoms with E-state index in [0.717, 1.165) is 9.87 Å². The molecule has 0 atom stereocenters. The molecule has 0 spiro atoms. The highest BCUT2D eigenvalue weighted by Gasteiger charge is 2.25. The Kier molecular flexibility index (Phi) is 4.76. The number of hydrogen-bond acceptors (Lipinski definition) is 3. The fourth-order valence-electron chi connectivity index (χ4n) is 2.23. The second kappa shape index (κ2) is 6.43. The first-order valence-corrected chi connectivity index (χ1v) is 8.76. The number of benzene rings is 2. The first-order valence-electron chi connectivity index (χ1n) is 7.32. The van der Waals surface area contributed by atoms with E-state index in [1.54, 1.807) is 42.5 Å². The second-order valence-electron chi connectivity index (χ2n) is 6.28. The summed E-state index contributed by atoms with van der Waals surface area (Å²) < 4.78 is 26.8. The van der Waals surface area contributed by atoms with Crippen LogP contribution in [0, 0.1) is 11.3 Å². The summed E-state index contributed by atoms with van der Waals surface area (Å²) in [6.07, 6.45) is 0. The van der Waals surface area contributed by atoms with Crippen LogP contribution >= 0.6 is 0 Å². The van der Waals surface area contributed by atoms with Crippen LogP contribution < -0.4 is 4.31 Å². The second-order valence-corrected chi connectivity index (χ2v) is 8.14. The highest BCUT2D eigenvalue weighted by atomic mass is 32.2. The van der Waals surface area contributed by atoms with Gasteiger partial charge in [-0.05, 0) is 35.2 Å². The van der Waals surface area contributed by atoms with Gasteiger partial charge in [0.05, 0.1) is 16.7 Å². The van der Waals surface area contributed by atoms with Crippen molar-refractivity contribution in [2.24, 2.45) is 0 Å². The van der Waals surface area contributed by atoms with Gasteiger partial charge in [0.15, 0.2) is 0 Å². The van der Waals surface area contributed by atoms with E-state index in [1.165, 1.54) is 0 Å². The van der Waals surface area contributed by atoms with Crippen molar-refractivity contribution in [1.82, 2.24) is 0 Å². The number of rotatable bonds is 4. The van der Waals surface area contributed by atoms with Crippen molar-refractivity contribution in [2.45, 2.75) is 31.1 Å². The van der Waals surface area contributed by atoms with Crippen LogP contribution in [0.15, 0.2) is 59.5 Å². The summed E-state index contributed by atoms with van der Waals surface area (Å²) in [6, 6.07) is 17.4. The van der Waals surface area contributed by atoms with Crippen molar-refractivity contribution in [3.05, 3.63) is 60.2 Å². The summed E-state index contributed by atoms with van der Waals surface area (Å²) in [5, 5.41) is 9.00. The number of hydrogen-bond donors (Lipinski definition) is 0. The third kappa shape index (κ3) is 3.72. The lowest BCUT2D eigenvalue weighted by molar-refractivity contribution is 0.585. The maximum atomic E-state index is 12.9. The summed E-state index contributed by atoms with van der Waals surface area (Å²) in [5.74, 6) is 0. The van der Waals surface area contributed by atoms with Gasteiger partial charge < -0.3 is 0 Å². The summed E-state index contributed by atoms with van der Waals surface area (Å²) >= 11 is 0. The minimum atomic E-state index is -3.77. The predicted octanol–water partition coefficient (Wildman–Crippen LogP) is 3.70. The Balaban J connectivity index is 2.45. The van der Waals surface area contributed by atoms with Crippen LogP contribution in [0.5, 0.6) is 0 Å². The van der Waals surface area contributed by atoms with E-state index in [-0.39, 0.29) is 16.9 Å². The number of nitrogens with zero attached hydrogens (tertiary/aromatic N) is 2. The summed E-state index contributed by atoms with van der Waals surface area (Å²) in [6.45, 7) is 5.99. The number of sulfonamides is 1. The molecule has 0 saturated carbocycles. The number of nitriles is 1. The van der Waals surface area contributed by atoms with Crippen molar-refractivity contribution in [3.8, 4) is 6.07 Å². The zero-order valence-electron chi connectivity index (χ0n) is 13.5. The van der Waals surface area contributed by atoms with Crippen LogP contribution in [-0.4, -0.2) is 15.0 Å². The number of anilines is 1. The minimum Gasteiger partial charge on any atom is -0.252 e. The molecular formula is C18H20N2O2S. The fourth-order valence-corrected chi connectivity index (χ4v) is 3.59. The Hall–Kier alpha value is -2.32. The highest BCUT2D eigenvalue weighted by Crippen LogP contribution is 2.26. The molecular weight excluding hydrogens is 308 g/mol. The lowest BCUT2D eigenvalue weighted by Crippen LogP contribution is -2.31. The molecule has 4 nitrogen and oxygen atoms in total. The van der Waals surface area contributed by atoms with E-state index in [9.17, 15) is 8.42 Å². The molecule has 120 valence electrons. The average Bonchev–Trinajstić information content (AvgIpc) is 2.52. The molecule has 0 bridgehead atoms. The van der Waals surface area contributed by atoms with Gasteiger partial charge >= 0.3 is 0 Å². The van der Waals surface area contributed by atoms with E-state index in [0.29, 0.717) is 5.69 Å². The average molecular weight is 328 g/mol. The molecule has 2 rings (SSSR count). The molecule has 0 aliphatic carbocycles. The molecule has 0 aromatic heterocycles. The van der Waals surface area contributed by atoms with Crippen molar-refractivity contribution in [2.75, 3.05) is 10.8 Å². The normalized spacial score (nSPS) is 11.7. The molecule has 0 saturated heterocycles. The van der Waals surface area contributed by atoms with Crippen molar-refractivity contribution in [3.63, 3.8) is 0 Å². The third-order valence-electron chi connectivity index (χ3n) is 3.57. The minimum absolute atomic E-state index is 0.0476. The van der Waals surface area contributed by atoms with Gasteiger partial charge in [-0.15, -0.1) is 0 Å². The topological polar surface area (TPSA) is 61.2 Å². The first-order chi connectivity index (χ1) is 10.8. The molecule has 0 aliphatic heterocycles. The molecule has 0 fully saturated rings. The van der Waals surface area contributed by atoms with Gasteiger partial charge in [-0.2, -0.15) is 5.26 Å². The Morgan fingerprint density at radius 3 is 2.04 bits per heavy atom. The monoisotopic (exact) mass is 328 g/mol. The summed E-state index contributed by atoms with van der Waals surface area (Å²) in [4.78, 5) is 0.185. The molecule has 2 aromatic rings. The van der Waals surface area contributed by atoms with Crippen molar-refractivity contribution < 1.29 is 8.42 Å². The number of para-hydroxylation sites is 1. The van der Waals surface area contributed by atoms with Gasteiger partial charge in [0.1, 0.15) is 6.54 Å². The maximum Gasteiger partial charge on any atom is 0.265 e. The van der Waals surface area contributed by atoms with Gasteiger partial charge in [0.25, 0.3) is 10.0 Å². The SMILES string of the molecule is CC(C)(C)c1ccc(S(=O)(=O)N(CC#N)c2ccccc2)cc1. The molecule has 23 heavy (non-hydrogen) atoms. The molecule has 0 radical (unpaired) electrons. The Labute approximate surface area is 138 Å². The predicted molar refractivity (Wildman–Crippen MR) is 91.7 cm³/mol. The van der Waals surface area contributed by atoms with Gasteiger partial charge in [-0.1, -0.05) is 51.1 Å². The maximum absolute atomic E-state index is 12.9. The Morgan fingerprint density at radius 1 is 1.00 bits per heavy atom. The van der Waals surface area contributed by atoms with Crippen LogP contribution in [0.3, 0.4) is 0 Å². The molecule has 0 amide bonds. The van der Waals surface area contributed by atoms with E-state index in [2.05, 4.69) is 20.8 Å². The standard InChI is InChI=1S/C18H20N2O2S/c1-18(2,3)15-9-11-17(12-10-15)23(21,22)20(14-13-19)16-7-5-4-6-8-16/h4-12H,14H2,1-3H3. The van der Waals surface area contributed by atoms with Crippen LogP contribution in [0.2, 0.25) is 0 Å². The lowest BCUT2D eigenvalue weighted by Gasteiger charge is -2.23. The lowest BCUT2D eigenvalue weighted by atomic mass is 9.87. The van der Waals surface area contributed by atoms with E-state index in [4.69, 9.17) is 5.26 Å². The van der Waals surface area contributed by atoms with Crippen LogP contribution in [0.4, 0.5) is 5.69 Å². The quantitative estimate of drug-likeness (QED) is 0.804. The smallest absolute Gasteiger partial charge is 0.252 e. The Bertz CT molecular complexity index is 799. The highest BCUT2D eigenvalue weighted by molar-refractivity contribution is 7.92. The van der Waals surface area contributed by atoms with E-state index >= 15 is 0 Å². The molecule has 0 aliphatic rings. The van der Waals surface area contributed by atoms with E-state index in [1.807, 2.05) is 18.2 Å². The molecule has 0 unspecified atom stereocenters. The van der Waals surface area contributed by atoms with Gasteiger partial charge in [-0.25, -0.2) is 8.42 Å². The van der Waals surface area contributed by atoms with Crippen LogP contribution in [0.1, 0.15) is 26.3 Å². The third-order valence-corrected chi connectivity index (χ3v) is 5.35. The molecule has 2 aromatic carbocycles. The van der Waals surface area contributed by atoms with Crippen LogP contribution in [-0.2, 0) is 15.4 Å². The van der Waals surface area contributed by atoms with E-state index < -0.39 is 10.0 Å². The summed E-state index contributed by atoms with van der Waals surface area (Å²) in [7, 11) is -3.77. The first kappa shape index (κ1) is 17.0. The van der Waals surface area contributed by atoms with Gasteiger partial charge in [0.2, 0.25) is 0 Å².